The number of H-pyrrole nitrogens is 2. The van der Waals surface area contributed by atoms with Crippen LogP contribution in [0.5, 0.6) is 0 Å². The van der Waals surface area contributed by atoms with Crippen molar-refractivity contribution in [3.8, 4) is 0 Å². The van der Waals surface area contributed by atoms with Crippen molar-refractivity contribution in [3.63, 3.8) is 0 Å². The predicted molar refractivity (Wildman–Crippen MR) is 60.7 cm³/mol. The first kappa shape index (κ1) is 11.1. The Hall–Kier alpha value is -1.37. The van der Waals surface area contributed by atoms with Crippen LogP contribution in [0.3, 0.4) is 0 Å². The second kappa shape index (κ2) is 4.65. The molecule has 0 spiro atoms. The Morgan fingerprint density at radius 1 is 1.25 bits per heavy atom. The highest BCUT2D eigenvalue weighted by Gasteiger charge is 2.17. The predicted octanol–water partition coefficient (Wildman–Crippen LogP) is 0.246. The Morgan fingerprint density at radius 2 is 1.94 bits per heavy atom. The smallest absolute Gasteiger partial charge is 0.341 e. The van der Waals surface area contributed by atoms with Crippen molar-refractivity contribution in [1.29, 1.82) is 0 Å². The average Bonchev–Trinajstić information content (AvgIpc) is 2.62. The van der Waals surface area contributed by atoms with Gasteiger partial charge in [0.05, 0.1) is 0 Å². The van der Waals surface area contributed by atoms with Crippen LogP contribution in [0.4, 0.5) is 0 Å². The van der Waals surface area contributed by atoms with Crippen LogP contribution in [-0.2, 0) is 11.3 Å². The zero-order chi connectivity index (χ0) is 11.5. The van der Waals surface area contributed by atoms with Crippen molar-refractivity contribution in [3.05, 3.63) is 15.3 Å². The van der Waals surface area contributed by atoms with Gasteiger partial charge >= 0.3 is 5.69 Å². The summed E-state index contributed by atoms with van der Waals surface area (Å²) in [6, 6.07) is 0. The number of carbonyl (C=O) groups excluding carboxylic acids is 1. The fourth-order valence-electron chi connectivity index (χ4n) is 1.86. The fourth-order valence-corrected chi connectivity index (χ4v) is 2.05. The van der Waals surface area contributed by atoms with E-state index in [-0.39, 0.29) is 22.9 Å². The molecule has 0 aromatic carbocycles. The largest absolute Gasteiger partial charge is 0.342 e. The van der Waals surface area contributed by atoms with Gasteiger partial charge in [-0.15, -0.1) is 0 Å². The van der Waals surface area contributed by atoms with Gasteiger partial charge in [0, 0.05) is 13.1 Å². The van der Waals surface area contributed by atoms with Gasteiger partial charge in [-0.1, -0.05) is 0 Å². The van der Waals surface area contributed by atoms with Crippen molar-refractivity contribution >= 4 is 18.1 Å². The third kappa shape index (κ3) is 2.24. The minimum Gasteiger partial charge on any atom is -0.341 e. The van der Waals surface area contributed by atoms with Gasteiger partial charge in [0.2, 0.25) is 5.91 Å². The van der Waals surface area contributed by atoms with Gasteiger partial charge in [0.15, 0.2) is 4.77 Å². The van der Waals surface area contributed by atoms with E-state index in [2.05, 4.69) is 10.2 Å². The Bertz CT molecular complexity index is 453. The number of carbonyl (C=O) groups is 1. The van der Waals surface area contributed by atoms with Crippen LogP contribution in [0, 0.1) is 4.77 Å². The number of nitrogens with zero attached hydrogens (tertiary/aromatic N) is 2. The number of amides is 1. The highest BCUT2D eigenvalue weighted by Crippen LogP contribution is 2.08. The lowest BCUT2D eigenvalue weighted by Gasteiger charge is -2.26. The van der Waals surface area contributed by atoms with Crippen molar-refractivity contribution in [2.45, 2.75) is 25.8 Å². The maximum Gasteiger partial charge on any atom is 0.342 e. The van der Waals surface area contributed by atoms with E-state index in [1.54, 1.807) is 4.90 Å². The number of rotatable bonds is 2. The number of piperidine rings is 1. The van der Waals surface area contributed by atoms with Gasteiger partial charge in [-0.3, -0.25) is 14.5 Å². The van der Waals surface area contributed by atoms with Crippen molar-refractivity contribution in [2.24, 2.45) is 0 Å². The van der Waals surface area contributed by atoms with Crippen LogP contribution in [0.25, 0.3) is 0 Å². The van der Waals surface area contributed by atoms with Crippen molar-refractivity contribution in [1.82, 2.24) is 19.7 Å². The van der Waals surface area contributed by atoms with Gasteiger partial charge in [0.25, 0.3) is 0 Å². The third-order valence-electron chi connectivity index (χ3n) is 2.77. The number of likely N-dealkylation sites (tertiary alicyclic amines) is 1. The van der Waals surface area contributed by atoms with Gasteiger partial charge in [-0.25, -0.2) is 9.89 Å². The SMILES string of the molecule is O=C(Cn1c(=O)[nH][nH]c1=S)N1CCCCC1. The van der Waals surface area contributed by atoms with Crippen molar-refractivity contribution < 1.29 is 4.79 Å². The molecule has 1 aliphatic rings. The van der Waals surface area contributed by atoms with E-state index >= 15 is 0 Å². The molecule has 2 rings (SSSR count). The second-order valence-corrected chi connectivity index (χ2v) is 4.27. The summed E-state index contributed by atoms with van der Waals surface area (Å²) in [5.41, 5.74) is -0.365. The highest BCUT2D eigenvalue weighted by molar-refractivity contribution is 7.71. The van der Waals surface area contributed by atoms with Crippen LogP contribution < -0.4 is 5.69 Å². The molecule has 0 radical (unpaired) electrons. The first-order valence-electron chi connectivity index (χ1n) is 5.34. The zero-order valence-electron chi connectivity index (χ0n) is 8.86. The molecule has 16 heavy (non-hydrogen) atoms. The molecule has 2 heterocycles. The van der Waals surface area contributed by atoms with E-state index in [4.69, 9.17) is 12.2 Å². The lowest BCUT2D eigenvalue weighted by Crippen LogP contribution is -2.39. The summed E-state index contributed by atoms with van der Waals surface area (Å²) in [5.74, 6) is -0.0408. The summed E-state index contributed by atoms with van der Waals surface area (Å²) in [6.45, 7) is 1.60. The van der Waals surface area contributed by atoms with E-state index in [1.807, 2.05) is 0 Å². The summed E-state index contributed by atoms with van der Waals surface area (Å²) in [7, 11) is 0. The highest BCUT2D eigenvalue weighted by atomic mass is 32.1. The van der Waals surface area contributed by atoms with Gasteiger partial charge in [-0.2, -0.15) is 0 Å². The second-order valence-electron chi connectivity index (χ2n) is 3.89. The molecule has 1 saturated heterocycles. The molecule has 0 bridgehead atoms. The van der Waals surface area contributed by atoms with Gasteiger partial charge < -0.3 is 4.90 Å². The van der Waals surface area contributed by atoms with E-state index in [0.29, 0.717) is 0 Å². The van der Waals surface area contributed by atoms with Crippen LogP contribution >= 0.6 is 12.2 Å². The summed E-state index contributed by atoms with van der Waals surface area (Å²) >= 11 is 4.90. The minimum atomic E-state index is -0.365. The number of hydrogen-bond donors (Lipinski definition) is 2. The Kier molecular flexibility index (Phi) is 3.23. The first-order chi connectivity index (χ1) is 7.68. The minimum absolute atomic E-state index is 0.0255. The topological polar surface area (TPSA) is 73.9 Å². The molecular weight excluding hydrogens is 228 g/mol. The van der Waals surface area contributed by atoms with E-state index in [0.717, 1.165) is 25.9 Å². The van der Waals surface area contributed by atoms with Gasteiger partial charge in [-0.05, 0) is 31.5 Å². The maximum atomic E-state index is 11.9. The molecule has 1 aromatic heterocycles. The van der Waals surface area contributed by atoms with Crippen LogP contribution in [-0.4, -0.2) is 38.7 Å². The summed E-state index contributed by atoms with van der Waals surface area (Å²) in [6.07, 6.45) is 3.26. The quantitative estimate of drug-likeness (QED) is 0.730. The van der Waals surface area contributed by atoms with Crippen LogP contribution in [0.15, 0.2) is 4.79 Å². The molecule has 88 valence electrons. The number of aromatic nitrogens is 3. The molecular formula is C9H14N4O2S. The zero-order valence-corrected chi connectivity index (χ0v) is 9.68. The number of aromatic amines is 2. The molecule has 0 saturated carbocycles. The summed E-state index contributed by atoms with van der Waals surface area (Å²) in [4.78, 5) is 24.9. The monoisotopic (exact) mass is 242 g/mol. The van der Waals surface area contributed by atoms with Crippen molar-refractivity contribution in [2.75, 3.05) is 13.1 Å². The molecule has 7 heteroatoms. The Morgan fingerprint density at radius 3 is 2.50 bits per heavy atom. The standard InChI is InChI=1S/C9H14N4O2S/c14-7(12-4-2-1-3-5-12)6-13-8(15)10-11-9(13)16/h1-6H2,(H,10,15)(H,11,16). The molecule has 1 aromatic rings. The van der Waals surface area contributed by atoms with E-state index < -0.39 is 0 Å². The molecule has 1 amide bonds. The lowest BCUT2D eigenvalue weighted by molar-refractivity contribution is -0.132. The summed E-state index contributed by atoms with van der Waals surface area (Å²) < 4.78 is 1.50. The van der Waals surface area contributed by atoms with E-state index in [9.17, 15) is 9.59 Å². The van der Waals surface area contributed by atoms with Crippen LogP contribution in [0.2, 0.25) is 0 Å². The lowest BCUT2D eigenvalue weighted by atomic mass is 10.1. The molecule has 1 fully saturated rings. The van der Waals surface area contributed by atoms with Gasteiger partial charge in [0.1, 0.15) is 6.54 Å². The molecule has 0 atom stereocenters. The normalized spacial score (nSPS) is 16.4. The first-order valence-corrected chi connectivity index (χ1v) is 5.74. The van der Waals surface area contributed by atoms with Crippen LogP contribution in [0.1, 0.15) is 19.3 Å². The summed E-state index contributed by atoms with van der Waals surface area (Å²) in [5, 5.41) is 4.87. The number of hydrogen-bond acceptors (Lipinski definition) is 3. The van der Waals surface area contributed by atoms with E-state index in [1.165, 1.54) is 11.0 Å². The maximum absolute atomic E-state index is 11.9. The third-order valence-corrected chi connectivity index (χ3v) is 3.09. The molecule has 2 N–H and O–H groups in total. The Balaban J connectivity index is 2.07. The molecule has 1 aliphatic heterocycles. The molecule has 0 unspecified atom stereocenters. The molecule has 6 nitrogen and oxygen atoms in total. The fraction of sp³-hybridized carbons (Fsp3) is 0.667. The Labute approximate surface area is 97.2 Å². The molecule has 0 aliphatic carbocycles. The number of nitrogens with one attached hydrogen (secondary N) is 2. The average molecular weight is 242 g/mol.